The van der Waals surface area contributed by atoms with Crippen LogP contribution in [0.25, 0.3) is 0 Å². The van der Waals surface area contributed by atoms with Gasteiger partial charge in [0.1, 0.15) is 5.82 Å². The summed E-state index contributed by atoms with van der Waals surface area (Å²) in [4.78, 5) is 0. The third-order valence-corrected chi connectivity index (χ3v) is 2.72. The van der Waals surface area contributed by atoms with Gasteiger partial charge in [-0.15, -0.1) is 0 Å². The second-order valence-electron chi connectivity index (χ2n) is 4.30. The van der Waals surface area contributed by atoms with Gasteiger partial charge in [0.15, 0.2) is 0 Å². The van der Waals surface area contributed by atoms with Crippen LogP contribution in [0, 0.1) is 5.82 Å². The van der Waals surface area contributed by atoms with E-state index < -0.39 is 23.7 Å². The van der Waals surface area contributed by atoms with Crippen LogP contribution in [-0.2, 0) is 12.6 Å². The molecule has 0 aliphatic carbocycles. The van der Waals surface area contributed by atoms with Crippen molar-refractivity contribution in [3.8, 4) is 0 Å². The van der Waals surface area contributed by atoms with Crippen LogP contribution >= 0.6 is 0 Å². The Morgan fingerprint density at radius 2 is 1.94 bits per heavy atom. The standard InChI is InChI=1S/C13H16F4O/c1-2-3-4-11(18)8-9-7-10(13(15,16)17)5-6-12(9)14/h5-7,11,18H,2-4,8H2,1H3. The summed E-state index contributed by atoms with van der Waals surface area (Å²) in [6.07, 6.45) is -3.27. The fraction of sp³-hybridized carbons (Fsp3) is 0.538. The molecule has 0 aliphatic heterocycles. The van der Waals surface area contributed by atoms with Gasteiger partial charge in [-0.2, -0.15) is 13.2 Å². The molecular formula is C13H16F4O. The molecule has 0 amide bonds. The minimum absolute atomic E-state index is 0.0875. The zero-order chi connectivity index (χ0) is 13.8. The summed E-state index contributed by atoms with van der Waals surface area (Å²) in [7, 11) is 0. The fourth-order valence-corrected chi connectivity index (χ4v) is 1.70. The number of aliphatic hydroxyl groups is 1. The highest BCUT2D eigenvalue weighted by atomic mass is 19.4. The van der Waals surface area contributed by atoms with Gasteiger partial charge in [-0.05, 0) is 30.2 Å². The van der Waals surface area contributed by atoms with Crippen LogP contribution in [-0.4, -0.2) is 11.2 Å². The van der Waals surface area contributed by atoms with Crippen molar-refractivity contribution >= 4 is 0 Å². The largest absolute Gasteiger partial charge is 0.416 e. The van der Waals surface area contributed by atoms with Gasteiger partial charge in [-0.3, -0.25) is 0 Å². The molecule has 102 valence electrons. The Bertz CT molecular complexity index is 387. The van der Waals surface area contributed by atoms with E-state index in [1.54, 1.807) is 0 Å². The normalized spacial score (nSPS) is 13.7. The quantitative estimate of drug-likeness (QED) is 0.799. The Balaban J connectivity index is 2.81. The van der Waals surface area contributed by atoms with E-state index in [0.717, 1.165) is 25.0 Å². The molecule has 0 fully saturated rings. The van der Waals surface area contributed by atoms with Crippen LogP contribution in [0.4, 0.5) is 17.6 Å². The third-order valence-electron chi connectivity index (χ3n) is 2.72. The highest BCUT2D eigenvalue weighted by Crippen LogP contribution is 2.30. The monoisotopic (exact) mass is 264 g/mol. The Labute approximate surface area is 103 Å². The Morgan fingerprint density at radius 1 is 1.28 bits per heavy atom. The van der Waals surface area contributed by atoms with Crippen LogP contribution in [0.5, 0.6) is 0 Å². The lowest BCUT2D eigenvalue weighted by Gasteiger charge is -2.13. The van der Waals surface area contributed by atoms with Gasteiger partial charge in [-0.1, -0.05) is 19.8 Å². The van der Waals surface area contributed by atoms with Crippen LogP contribution < -0.4 is 0 Å². The zero-order valence-corrected chi connectivity index (χ0v) is 10.1. The van der Waals surface area contributed by atoms with Gasteiger partial charge in [-0.25, -0.2) is 4.39 Å². The molecule has 0 bridgehead atoms. The maximum atomic E-state index is 13.4. The molecule has 0 spiro atoms. The molecule has 0 radical (unpaired) electrons. The molecule has 5 heteroatoms. The van der Waals surface area contributed by atoms with Crippen molar-refractivity contribution in [3.05, 3.63) is 35.1 Å². The van der Waals surface area contributed by atoms with Gasteiger partial charge in [0.25, 0.3) is 0 Å². The van der Waals surface area contributed by atoms with E-state index in [2.05, 4.69) is 0 Å². The molecule has 1 aromatic carbocycles. The molecule has 18 heavy (non-hydrogen) atoms. The van der Waals surface area contributed by atoms with Crippen molar-refractivity contribution in [1.29, 1.82) is 0 Å². The fourth-order valence-electron chi connectivity index (χ4n) is 1.70. The van der Waals surface area contributed by atoms with Crippen molar-refractivity contribution in [2.24, 2.45) is 0 Å². The Morgan fingerprint density at radius 3 is 2.50 bits per heavy atom. The lowest BCUT2D eigenvalue weighted by Crippen LogP contribution is -2.13. The average molecular weight is 264 g/mol. The molecule has 0 saturated carbocycles. The molecule has 1 aromatic rings. The molecule has 1 rings (SSSR count). The van der Waals surface area contributed by atoms with Crippen molar-refractivity contribution in [1.82, 2.24) is 0 Å². The van der Waals surface area contributed by atoms with E-state index in [1.807, 2.05) is 6.92 Å². The van der Waals surface area contributed by atoms with Crippen LogP contribution in [0.15, 0.2) is 18.2 Å². The molecule has 1 unspecified atom stereocenters. The van der Waals surface area contributed by atoms with Crippen LogP contribution in [0.2, 0.25) is 0 Å². The highest BCUT2D eigenvalue weighted by molar-refractivity contribution is 5.27. The van der Waals surface area contributed by atoms with Crippen molar-refractivity contribution in [2.75, 3.05) is 0 Å². The number of hydrogen-bond donors (Lipinski definition) is 1. The Hall–Kier alpha value is -1.10. The van der Waals surface area contributed by atoms with Crippen LogP contribution in [0.1, 0.15) is 37.3 Å². The number of rotatable bonds is 5. The summed E-state index contributed by atoms with van der Waals surface area (Å²) in [6.45, 7) is 1.94. The first kappa shape index (κ1) is 15.0. The number of benzene rings is 1. The van der Waals surface area contributed by atoms with Gasteiger partial charge in [0, 0.05) is 6.42 Å². The van der Waals surface area contributed by atoms with Gasteiger partial charge in [0.05, 0.1) is 11.7 Å². The first-order valence-corrected chi connectivity index (χ1v) is 5.88. The maximum absolute atomic E-state index is 13.4. The van der Waals surface area contributed by atoms with Crippen molar-refractivity contribution in [3.63, 3.8) is 0 Å². The first-order valence-electron chi connectivity index (χ1n) is 5.88. The van der Waals surface area contributed by atoms with Crippen molar-refractivity contribution < 1.29 is 22.7 Å². The molecular weight excluding hydrogens is 248 g/mol. The summed E-state index contributed by atoms with van der Waals surface area (Å²) in [5.41, 5.74) is -0.977. The molecule has 1 N–H and O–H groups in total. The summed E-state index contributed by atoms with van der Waals surface area (Å²) in [6, 6.07) is 2.27. The number of aliphatic hydroxyl groups excluding tert-OH is 1. The van der Waals surface area contributed by atoms with E-state index in [0.29, 0.717) is 12.5 Å². The van der Waals surface area contributed by atoms with Crippen molar-refractivity contribution in [2.45, 2.75) is 44.9 Å². The molecule has 1 atom stereocenters. The topological polar surface area (TPSA) is 20.2 Å². The van der Waals surface area contributed by atoms with Crippen LogP contribution in [0.3, 0.4) is 0 Å². The van der Waals surface area contributed by atoms with E-state index in [-0.39, 0.29) is 12.0 Å². The van der Waals surface area contributed by atoms with E-state index in [9.17, 15) is 22.7 Å². The minimum Gasteiger partial charge on any atom is -0.393 e. The summed E-state index contributed by atoms with van der Waals surface area (Å²) >= 11 is 0. The predicted octanol–water partition coefficient (Wildman–Crippen LogP) is 3.94. The number of alkyl halides is 3. The smallest absolute Gasteiger partial charge is 0.393 e. The number of halogens is 4. The average Bonchev–Trinajstić information content (AvgIpc) is 2.28. The Kier molecular flexibility index (Phi) is 5.14. The molecule has 0 saturated heterocycles. The molecule has 0 aliphatic rings. The lowest BCUT2D eigenvalue weighted by atomic mass is 10.0. The zero-order valence-electron chi connectivity index (χ0n) is 10.1. The molecule has 0 aromatic heterocycles. The molecule has 0 heterocycles. The van der Waals surface area contributed by atoms with Gasteiger partial charge < -0.3 is 5.11 Å². The SMILES string of the molecule is CCCCC(O)Cc1cc(C(F)(F)F)ccc1F. The maximum Gasteiger partial charge on any atom is 0.416 e. The summed E-state index contributed by atoms with van der Waals surface area (Å²) < 4.78 is 50.7. The number of hydrogen-bond acceptors (Lipinski definition) is 1. The predicted molar refractivity (Wildman–Crippen MR) is 60.6 cm³/mol. The van der Waals surface area contributed by atoms with E-state index >= 15 is 0 Å². The van der Waals surface area contributed by atoms with Gasteiger partial charge >= 0.3 is 6.18 Å². The lowest BCUT2D eigenvalue weighted by molar-refractivity contribution is -0.137. The second-order valence-corrected chi connectivity index (χ2v) is 4.30. The molecule has 1 nitrogen and oxygen atoms in total. The summed E-state index contributed by atoms with van der Waals surface area (Å²) in [5, 5.41) is 9.60. The van der Waals surface area contributed by atoms with Gasteiger partial charge in [0.2, 0.25) is 0 Å². The highest BCUT2D eigenvalue weighted by Gasteiger charge is 2.31. The van der Waals surface area contributed by atoms with E-state index in [1.165, 1.54) is 0 Å². The first-order chi connectivity index (χ1) is 8.34. The number of unbranched alkanes of at least 4 members (excludes halogenated alkanes) is 1. The van der Waals surface area contributed by atoms with E-state index in [4.69, 9.17) is 0 Å². The minimum atomic E-state index is -4.49. The summed E-state index contributed by atoms with van der Waals surface area (Å²) in [5.74, 6) is -0.710. The second kappa shape index (κ2) is 6.18. The third kappa shape index (κ3) is 4.29.